The molecular formula is C33H25NO4S. The summed E-state index contributed by atoms with van der Waals surface area (Å²) in [6.45, 7) is 1.92. The summed E-state index contributed by atoms with van der Waals surface area (Å²) < 4.78 is 36.9. The van der Waals surface area contributed by atoms with Gasteiger partial charge in [0.1, 0.15) is 17.0 Å². The van der Waals surface area contributed by atoms with E-state index in [1.165, 1.54) is 4.31 Å². The number of nitrogens with zero attached hydrogens (tertiary/aromatic N) is 1. The summed E-state index contributed by atoms with van der Waals surface area (Å²) >= 11 is 0. The zero-order chi connectivity index (χ0) is 26.7. The highest BCUT2D eigenvalue weighted by atomic mass is 32.2. The van der Waals surface area contributed by atoms with Gasteiger partial charge in [-0.2, -0.15) is 0 Å². The van der Waals surface area contributed by atoms with Gasteiger partial charge >= 0.3 is 0 Å². The summed E-state index contributed by atoms with van der Waals surface area (Å²) in [6, 6.07) is 32.8. The maximum absolute atomic E-state index is 14.5. The maximum atomic E-state index is 14.5. The molecule has 192 valence electrons. The largest absolute Gasteiger partial charge is 0.458 e. The highest BCUT2D eigenvalue weighted by Crippen LogP contribution is 2.55. The fourth-order valence-corrected chi connectivity index (χ4v) is 7.68. The van der Waals surface area contributed by atoms with Crippen molar-refractivity contribution >= 4 is 38.0 Å². The molecule has 1 aromatic heterocycles. The van der Waals surface area contributed by atoms with Crippen LogP contribution >= 0.6 is 0 Å². The molecule has 0 saturated heterocycles. The van der Waals surface area contributed by atoms with E-state index >= 15 is 0 Å². The quantitative estimate of drug-likeness (QED) is 0.258. The number of carbonyl (C=O) groups is 1. The second kappa shape index (κ2) is 8.82. The van der Waals surface area contributed by atoms with Gasteiger partial charge < -0.3 is 4.42 Å². The van der Waals surface area contributed by atoms with Crippen LogP contribution in [-0.2, 0) is 14.8 Å². The first-order valence-electron chi connectivity index (χ1n) is 12.9. The van der Waals surface area contributed by atoms with Crippen molar-refractivity contribution in [3.8, 4) is 0 Å². The molecule has 6 heteroatoms. The van der Waals surface area contributed by atoms with Gasteiger partial charge in [0.25, 0.3) is 10.0 Å². The van der Waals surface area contributed by atoms with Crippen LogP contribution in [-0.4, -0.2) is 20.2 Å². The Hall–Kier alpha value is -4.42. The number of aryl methyl sites for hydroxylation is 1. The zero-order valence-electron chi connectivity index (χ0n) is 21.2. The Morgan fingerprint density at radius 3 is 2.13 bits per heavy atom. The summed E-state index contributed by atoms with van der Waals surface area (Å²) in [5.74, 6) is -0.727. The van der Waals surface area contributed by atoms with Crippen LogP contribution in [0, 0.1) is 12.8 Å². The lowest BCUT2D eigenvalue weighted by molar-refractivity contribution is -0.117. The third kappa shape index (κ3) is 3.59. The Morgan fingerprint density at radius 1 is 0.769 bits per heavy atom. The molecule has 0 saturated carbocycles. The molecule has 4 aromatic carbocycles. The van der Waals surface area contributed by atoms with Gasteiger partial charge in [-0.25, -0.2) is 8.42 Å². The lowest BCUT2D eigenvalue weighted by atomic mass is 9.76. The molecule has 0 unspecified atom stereocenters. The van der Waals surface area contributed by atoms with Gasteiger partial charge in [0.2, 0.25) is 0 Å². The SMILES string of the molecule is Cc1ccc(S(=O)(=O)N2c3c(oc4ccccc34)[C@@H](c3ccccc3)[C@H]3C(=O)C(c4ccccc4)=C[C@H]32)cc1. The van der Waals surface area contributed by atoms with E-state index in [0.29, 0.717) is 28.0 Å². The van der Waals surface area contributed by atoms with E-state index in [-0.39, 0.29) is 10.7 Å². The van der Waals surface area contributed by atoms with Crippen LogP contribution in [0.3, 0.4) is 0 Å². The number of ketones is 1. The number of para-hydroxylation sites is 1. The minimum atomic E-state index is -4.07. The van der Waals surface area contributed by atoms with Crippen molar-refractivity contribution in [2.45, 2.75) is 23.8 Å². The Balaban J connectivity index is 1.54. The number of sulfonamides is 1. The van der Waals surface area contributed by atoms with Crippen LogP contribution in [0.1, 0.15) is 28.4 Å². The number of rotatable bonds is 4. The van der Waals surface area contributed by atoms with E-state index in [2.05, 4.69) is 0 Å². The standard InChI is InChI=1S/C33H25NO4S/c1-21-16-18-24(19-17-21)39(36,37)34-27-20-26(22-10-4-2-5-11-22)32(35)30(27)29(23-12-6-3-7-13-23)33-31(34)25-14-8-9-15-28(25)38-33/h2-20,27,29-30H,1H3/t27-,29+,30+/m1/s1. The number of hydrogen-bond acceptors (Lipinski definition) is 4. The van der Waals surface area contributed by atoms with E-state index < -0.39 is 27.9 Å². The number of anilines is 1. The molecule has 1 aliphatic carbocycles. The van der Waals surface area contributed by atoms with Crippen molar-refractivity contribution in [1.29, 1.82) is 0 Å². The normalized spacial score (nSPS) is 20.5. The molecule has 0 spiro atoms. The zero-order valence-corrected chi connectivity index (χ0v) is 22.0. The molecule has 3 atom stereocenters. The number of hydrogen-bond donors (Lipinski definition) is 0. The van der Waals surface area contributed by atoms with Gasteiger partial charge in [-0.05, 0) is 48.4 Å². The molecule has 7 rings (SSSR count). The summed E-state index contributed by atoms with van der Waals surface area (Å²) in [7, 11) is -4.07. The summed E-state index contributed by atoms with van der Waals surface area (Å²) in [5, 5.41) is 0.705. The number of benzene rings is 4. The first-order chi connectivity index (χ1) is 18.9. The van der Waals surface area contributed by atoms with Gasteiger partial charge in [-0.3, -0.25) is 9.10 Å². The predicted octanol–water partition coefficient (Wildman–Crippen LogP) is 6.73. The minimum absolute atomic E-state index is 0.0877. The van der Waals surface area contributed by atoms with Gasteiger partial charge in [-0.15, -0.1) is 0 Å². The first-order valence-corrected chi connectivity index (χ1v) is 14.4. The fourth-order valence-electron chi connectivity index (χ4n) is 6.03. The molecule has 39 heavy (non-hydrogen) atoms. The first kappa shape index (κ1) is 23.7. The number of furan rings is 1. The number of allylic oxidation sites excluding steroid dienone is 1. The average molecular weight is 532 g/mol. The number of carbonyl (C=O) groups excluding carboxylic acids is 1. The minimum Gasteiger partial charge on any atom is -0.458 e. The Bertz CT molecular complexity index is 1860. The Morgan fingerprint density at radius 2 is 1.41 bits per heavy atom. The number of fused-ring (bicyclic) bond motifs is 4. The van der Waals surface area contributed by atoms with Gasteiger partial charge in [-0.1, -0.05) is 90.5 Å². The van der Waals surface area contributed by atoms with Crippen LogP contribution in [0.25, 0.3) is 16.5 Å². The molecular weight excluding hydrogens is 506 g/mol. The summed E-state index contributed by atoms with van der Waals surface area (Å²) in [4.78, 5) is 14.4. The van der Waals surface area contributed by atoms with Crippen LogP contribution in [0.2, 0.25) is 0 Å². The average Bonchev–Trinajstić information content (AvgIpc) is 3.51. The van der Waals surface area contributed by atoms with Crippen molar-refractivity contribution in [1.82, 2.24) is 0 Å². The summed E-state index contributed by atoms with van der Waals surface area (Å²) in [5.41, 5.74) is 4.28. The molecule has 0 fully saturated rings. The second-order valence-corrected chi connectivity index (χ2v) is 12.0. The third-order valence-corrected chi connectivity index (χ3v) is 9.63. The third-order valence-electron chi connectivity index (χ3n) is 7.82. The van der Waals surface area contributed by atoms with Crippen LogP contribution in [0.5, 0.6) is 0 Å². The van der Waals surface area contributed by atoms with Gasteiger partial charge in [0.05, 0.1) is 22.8 Å². The lowest BCUT2D eigenvalue weighted by Crippen LogP contribution is -2.49. The summed E-state index contributed by atoms with van der Waals surface area (Å²) in [6.07, 6.45) is 1.84. The predicted molar refractivity (Wildman–Crippen MR) is 152 cm³/mol. The fraction of sp³-hybridized carbons (Fsp3) is 0.121. The Labute approximate surface area is 227 Å². The topological polar surface area (TPSA) is 67.6 Å². The molecule has 5 nitrogen and oxygen atoms in total. The van der Waals surface area contributed by atoms with E-state index in [1.54, 1.807) is 24.3 Å². The second-order valence-electron chi connectivity index (χ2n) is 10.1. The molecule has 0 radical (unpaired) electrons. The number of Topliss-reactive ketones (excluding diaryl/α,β-unsaturated/α-hetero) is 1. The van der Waals surface area contributed by atoms with E-state index in [9.17, 15) is 13.2 Å². The smallest absolute Gasteiger partial charge is 0.265 e. The monoisotopic (exact) mass is 531 g/mol. The van der Waals surface area contributed by atoms with E-state index in [0.717, 1.165) is 16.7 Å². The highest BCUT2D eigenvalue weighted by molar-refractivity contribution is 7.93. The van der Waals surface area contributed by atoms with Crippen molar-refractivity contribution in [3.63, 3.8) is 0 Å². The van der Waals surface area contributed by atoms with E-state index in [4.69, 9.17) is 4.42 Å². The van der Waals surface area contributed by atoms with Gasteiger partial charge in [0, 0.05) is 11.0 Å². The van der Waals surface area contributed by atoms with Crippen molar-refractivity contribution in [2.75, 3.05) is 4.31 Å². The molecule has 1 aliphatic heterocycles. The van der Waals surface area contributed by atoms with Crippen LogP contribution in [0.15, 0.2) is 125 Å². The molecule has 2 aliphatic rings. The van der Waals surface area contributed by atoms with Crippen molar-refractivity contribution in [2.24, 2.45) is 5.92 Å². The van der Waals surface area contributed by atoms with Crippen molar-refractivity contribution < 1.29 is 17.6 Å². The van der Waals surface area contributed by atoms with Gasteiger partial charge in [0.15, 0.2) is 5.78 Å². The highest BCUT2D eigenvalue weighted by Gasteiger charge is 2.55. The molecule has 0 N–H and O–H groups in total. The molecule has 0 amide bonds. The molecule has 0 bridgehead atoms. The Kier molecular flexibility index (Phi) is 5.35. The van der Waals surface area contributed by atoms with Crippen LogP contribution < -0.4 is 4.31 Å². The van der Waals surface area contributed by atoms with Crippen molar-refractivity contribution in [3.05, 3.63) is 138 Å². The molecule has 2 heterocycles. The maximum Gasteiger partial charge on any atom is 0.265 e. The lowest BCUT2D eigenvalue weighted by Gasteiger charge is -2.40. The van der Waals surface area contributed by atoms with E-state index in [1.807, 2.05) is 97.9 Å². The van der Waals surface area contributed by atoms with Crippen LogP contribution in [0.4, 0.5) is 5.69 Å². The molecule has 5 aromatic rings.